The highest BCUT2D eigenvalue weighted by Crippen LogP contribution is 2.52. The summed E-state index contributed by atoms with van der Waals surface area (Å²) in [6.45, 7) is 0. The monoisotopic (exact) mass is 268 g/mol. The molecule has 0 N–H and O–H groups in total. The van der Waals surface area contributed by atoms with E-state index in [9.17, 15) is 31.1 Å². The van der Waals surface area contributed by atoms with Crippen molar-refractivity contribution >= 4 is 16.8 Å². The molecule has 0 aliphatic heterocycles. The minimum Gasteiger partial charge on any atom is -0.281 e. The van der Waals surface area contributed by atoms with Crippen molar-refractivity contribution in [2.75, 3.05) is 0 Å². The van der Waals surface area contributed by atoms with Crippen molar-refractivity contribution in [3.05, 3.63) is 0 Å². The Hall–Kier alpha value is -0.460. The number of hydrogen-bond acceptors (Lipinski definition) is 1. The first-order valence-electron chi connectivity index (χ1n) is 4.38. The van der Waals surface area contributed by atoms with Gasteiger partial charge >= 0.3 is 12.4 Å². The third-order valence-corrected chi connectivity index (χ3v) is 3.01. The average Bonchev–Trinajstić information content (AvgIpc) is 2.43. The summed E-state index contributed by atoms with van der Waals surface area (Å²) in [5.41, 5.74) is 0. The van der Waals surface area contributed by atoms with Gasteiger partial charge in [-0.1, -0.05) is 0 Å². The molecule has 1 rings (SSSR count). The third kappa shape index (κ3) is 2.61. The van der Waals surface area contributed by atoms with Crippen molar-refractivity contribution in [1.82, 2.24) is 0 Å². The molecule has 0 amide bonds. The first-order valence-corrected chi connectivity index (χ1v) is 4.75. The maximum atomic E-state index is 12.4. The van der Waals surface area contributed by atoms with E-state index in [0.717, 1.165) is 0 Å². The molecule has 2 unspecified atom stereocenters. The van der Waals surface area contributed by atoms with Crippen LogP contribution in [-0.2, 0) is 4.79 Å². The summed E-state index contributed by atoms with van der Waals surface area (Å²) in [6, 6.07) is 0. The molecule has 0 aromatic rings. The molecule has 0 saturated heterocycles. The van der Waals surface area contributed by atoms with Crippen molar-refractivity contribution in [2.24, 2.45) is 17.8 Å². The molecule has 1 saturated carbocycles. The van der Waals surface area contributed by atoms with Gasteiger partial charge in [-0.2, -0.15) is 26.3 Å². The highest BCUT2D eigenvalue weighted by molar-refractivity contribution is 6.64. The molecule has 94 valence electrons. The quantitative estimate of drug-likeness (QED) is 0.525. The maximum Gasteiger partial charge on any atom is 0.392 e. The van der Waals surface area contributed by atoms with Crippen LogP contribution in [0.4, 0.5) is 26.3 Å². The Labute approximate surface area is 91.7 Å². The largest absolute Gasteiger partial charge is 0.392 e. The first-order chi connectivity index (χ1) is 7.05. The Morgan fingerprint density at radius 1 is 0.938 bits per heavy atom. The molecule has 1 fully saturated rings. The summed E-state index contributed by atoms with van der Waals surface area (Å²) < 4.78 is 74.1. The van der Waals surface area contributed by atoms with E-state index in [1.165, 1.54) is 0 Å². The number of carbonyl (C=O) groups is 1. The Morgan fingerprint density at radius 2 is 1.25 bits per heavy atom. The van der Waals surface area contributed by atoms with Gasteiger partial charge in [0.05, 0.1) is 17.8 Å². The molecule has 1 aliphatic rings. The first kappa shape index (κ1) is 13.6. The maximum absolute atomic E-state index is 12.4. The molecule has 16 heavy (non-hydrogen) atoms. The lowest BCUT2D eigenvalue weighted by Gasteiger charge is -2.24. The van der Waals surface area contributed by atoms with Crippen LogP contribution in [0.15, 0.2) is 0 Å². The summed E-state index contributed by atoms with van der Waals surface area (Å²) in [7, 11) is 0. The van der Waals surface area contributed by atoms with Crippen LogP contribution in [0.5, 0.6) is 0 Å². The van der Waals surface area contributed by atoms with Gasteiger partial charge in [-0.15, -0.1) is 0 Å². The molecule has 8 heteroatoms. The molecule has 0 spiro atoms. The zero-order chi connectivity index (χ0) is 12.7. The molecule has 0 heterocycles. The second-order valence-electron chi connectivity index (χ2n) is 3.70. The second-order valence-corrected chi connectivity index (χ2v) is 4.08. The van der Waals surface area contributed by atoms with Crippen LogP contribution in [0.3, 0.4) is 0 Å². The Morgan fingerprint density at radius 3 is 1.44 bits per heavy atom. The topological polar surface area (TPSA) is 17.1 Å². The van der Waals surface area contributed by atoms with Crippen LogP contribution in [0.1, 0.15) is 12.8 Å². The number of carbonyl (C=O) groups excluding carboxylic acids is 1. The van der Waals surface area contributed by atoms with E-state index in [4.69, 9.17) is 11.6 Å². The molecular formula is C8H7ClF6O. The fraction of sp³-hybridized carbons (Fsp3) is 0.875. The predicted octanol–water partition coefficient (Wildman–Crippen LogP) is 3.52. The molecular weight excluding hydrogens is 262 g/mol. The SMILES string of the molecule is O=C(Cl)C1C(C(F)(F)F)CCC1C(F)(F)F. The molecule has 1 nitrogen and oxygen atoms in total. The number of rotatable bonds is 1. The van der Waals surface area contributed by atoms with Gasteiger partial charge in [-0.05, 0) is 24.4 Å². The fourth-order valence-corrected chi connectivity index (χ4v) is 2.35. The Kier molecular flexibility index (Phi) is 3.47. The van der Waals surface area contributed by atoms with E-state index < -0.39 is 48.2 Å². The van der Waals surface area contributed by atoms with Gasteiger partial charge in [0.25, 0.3) is 0 Å². The van der Waals surface area contributed by atoms with Gasteiger partial charge in [0.2, 0.25) is 5.24 Å². The molecule has 2 atom stereocenters. The molecule has 0 radical (unpaired) electrons. The smallest absolute Gasteiger partial charge is 0.281 e. The van der Waals surface area contributed by atoms with Gasteiger partial charge in [-0.25, -0.2) is 0 Å². The summed E-state index contributed by atoms with van der Waals surface area (Å²) in [5.74, 6) is -6.78. The van der Waals surface area contributed by atoms with Crippen molar-refractivity contribution in [3.8, 4) is 0 Å². The average molecular weight is 269 g/mol. The second kappa shape index (κ2) is 4.09. The Bertz CT molecular complexity index is 261. The lowest BCUT2D eigenvalue weighted by Crippen LogP contribution is -2.37. The summed E-state index contributed by atoms with van der Waals surface area (Å²) >= 11 is 4.85. The summed E-state index contributed by atoms with van der Waals surface area (Å²) in [6.07, 6.45) is -11.1. The Balaban J connectivity index is 2.99. The van der Waals surface area contributed by atoms with Gasteiger partial charge < -0.3 is 0 Å². The highest BCUT2D eigenvalue weighted by Gasteiger charge is 2.60. The van der Waals surface area contributed by atoms with E-state index in [1.807, 2.05) is 0 Å². The highest BCUT2D eigenvalue weighted by atomic mass is 35.5. The van der Waals surface area contributed by atoms with Crippen LogP contribution < -0.4 is 0 Å². The molecule has 0 bridgehead atoms. The van der Waals surface area contributed by atoms with E-state index in [1.54, 1.807) is 0 Å². The number of hydrogen-bond donors (Lipinski definition) is 0. The van der Waals surface area contributed by atoms with Crippen molar-refractivity contribution in [1.29, 1.82) is 0 Å². The lowest BCUT2D eigenvalue weighted by atomic mass is 9.89. The van der Waals surface area contributed by atoms with Gasteiger partial charge in [0, 0.05) is 0 Å². The molecule has 0 aromatic heterocycles. The zero-order valence-corrected chi connectivity index (χ0v) is 8.46. The van der Waals surface area contributed by atoms with Crippen molar-refractivity contribution in [2.45, 2.75) is 25.2 Å². The lowest BCUT2D eigenvalue weighted by molar-refractivity contribution is -0.210. The standard InChI is InChI=1S/C8H7ClF6O/c9-6(16)5-3(7(10,11)12)1-2-4(5)8(13,14)15/h3-5H,1-2H2. The van der Waals surface area contributed by atoms with Crippen LogP contribution in [-0.4, -0.2) is 17.6 Å². The van der Waals surface area contributed by atoms with Crippen LogP contribution in [0.25, 0.3) is 0 Å². The predicted molar refractivity (Wildman–Crippen MR) is 42.7 cm³/mol. The number of halogens is 7. The summed E-state index contributed by atoms with van der Waals surface area (Å²) in [5, 5.41) is -1.57. The van der Waals surface area contributed by atoms with Gasteiger partial charge in [-0.3, -0.25) is 4.79 Å². The van der Waals surface area contributed by atoms with E-state index in [2.05, 4.69) is 0 Å². The van der Waals surface area contributed by atoms with E-state index in [-0.39, 0.29) is 0 Å². The third-order valence-electron chi connectivity index (χ3n) is 2.76. The van der Waals surface area contributed by atoms with E-state index in [0.29, 0.717) is 0 Å². The van der Waals surface area contributed by atoms with Gasteiger partial charge in [0.1, 0.15) is 0 Å². The fourth-order valence-electron chi connectivity index (χ4n) is 2.05. The van der Waals surface area contributed by atoms with Crippen LogP contribution in [0, 0.1) is 17.8 Å². The number of alkyl halides is 6. The van der Waals surface area contributed by atoms with Crippen molar-refractivity contribution in [3.63, 3.8) is 0 Å². The minimum absolute atomic E-state index is 0.712. The van der Waals surface area contributed by atoms with Gasteiger partial charge in [0.15, 0.2) is 0 Å². The van der Waals surface area contributed by atoms with Crippen LogP contribution >= 0.6 is 11.6 Å². The minimum atomic E-state index is -4.82. The van der Waals surface area contributed by atoms with Crippen molar-refractivity contribution < 1.29 is 31.1 Å². The zero-order valence-electron chi connectivity index (χ0n) is 7.70. The van der Waals surface area contributed by atoms with E-state index >= 15 is 0 Å². The normalized spacial score (nSPS) is 31.8. The molecule has 1 aliphatic carbocycles. The summed E-state index contributed by atoms with van der Waals surface area (Å²) in [4.78, 5) is 10.7. The molecule has 0 aromatic carbocycles. The van der Waals surface area contributed by atoms with Crippen LogP contribution in [0.2, 0.25) is 0 Å².